The van der Waals surface area contributed by atoms with Crippen LogP contribution in [-0.2, 0) is 25.6 Å². The number of nitrogens with two attached hydrogens (primary N) is 1. The first kappa shape index (κ1) is 24.1. The number of rotatable bonds is 9. The minimum absolute atomic E-state index is 0.174. The van der Waals surface area contributed by atoms with Gasteiger partial charge in [-0.15, -0.1) is 0 Å². The van der Waals surface area contributed by atoms with Gasteiger partial charge in [0, 0.05) is 25.8 Å². The van der Waals surface area contributed by atoms with Crippen molar-refractivity contribution in [1.29, 1.82) is 0 Å². The molecular weight excluding hydrogens is 439 g/mol. The van der Waals surface area contributed by atoms with Gasteiger partial charge in [0.2, 0.25) is 5.95 Å². The van der Waals surface area contributed by atoms with E-state index in [1.165, 1.54) is 31.5 Å². The molecule has 0 saturated carbocycles. The molecule has 2 aromatic rings. The van der Waals surface area contributed by atoms with Gasteiger partial charge < -0.3 is 20.1 Å². The van der Waals surface area contributed by atoms with Gasteiger partial charge >= 0.3 is 0 Å². The summed E-state index contributed by atoms with van der Waals surface area (Å²) in [6.07, 6.45) is 4.82. The molecule has 174 valence electrons. The van der Waals surface area contributed by atoms with E-state index in [1.807, 2.05) is 4.90 Å². The number of anilines is 1. The predicted molar refractivity (Wildman–Crippen MR) is 116 cm³/mol. The summed E-state index contributed by atoms with van der Waals surface area (Å²) in [5, 5.41) is 0. The first-order valence-electron chi connectivity index (χ1n) is 10.1. The van der Waals surface area contributed by atoms with Crippen LogP contribution in [0.4, 0.5) is 10.3 Å². The van der Waals surface area contributed by atoms with Gasteiger partial charge in [-0.25, -0.2) is 18.5 Å². The maximum atomic E-state index is 14.8. The molecule has 1 atom stereocenters. The lowest BCUT2D eigenvalue weighted by molar-refractivity contribution is 0.0816. The van der Waals surface area contributed by atoms with Gasteiger partial charge in [0.25, 0.3) is 10.1 Å². The highest BCUT2D eigenvalue weighted by molar-refractivity contribution is 7.86. The molecule has 3 rings (SSSR count). The number of nitrogens with zero attached hydrogens (tertiary/aromatic N) is 3. The van der Waals surface area contributed by atoms with Crippen molar-refractivity contribution in [1.82, 2.24) is 9.97 Å². The van der Waals surface area contributed by atoms with Gasteiger partial charge in [0.15, 0.2) is 5.75 Å². The molecule has 11 heteroatoms. The molecule has 9 nitrogen and oxygen atoms in total. The fourth-order valence-electron chi connectivity index (χ4n) is 3.32. The van der Waals surface area contributed by atoms with E-state index in [-0.39, 0.29) is 34.5 Å². The second-order valence-corrected chi connectivity index (χ2v) is 8.89. The molecule has 0 radical (unpaired) electrons. The van der Waals surface area contributed by atoms with Gasteiger partial charge in [-0.3, -0.25) is 0 Å². The van der Waals surface area contributed by atoms with Crippen LogP contribution in [0.5, 0.6) is 5.75 Å². The fourth-order valence-corrected chi connectivity index (χ4v) is 4.48. The largest absolute Gasteiger partial charge is 0.486 e. The lowest BCUT2D eigenvalue weighted by atomic mass is 10.1. The Morgan fingerprint density at radius 3 is 2.56 bits per heavy atom. The van der Waals surface area contributed by atoms with E-state index in [1.54, 1.807) is 7.11 Å². The highest BCUT2D eigenvalue weighted by Crippen LogP contribution is 2.26. The van der Waals surface area contributed by atoms with Crippen molar-refractivity contribution in [3.8, 4) is 5.75 Å². The quantitative estimate of drug-likeness (QED) is 0.337. The highest BCUT2D eigenvalue weighted by Gasteiger charge is 2.26. The second-order valence-electron chi connectivity index (χ2n) is 7.35. The van der Waals surface area contributed by atoms with Crippen molar-refractivity contribution in [3.63, 3.8) is 0 Å². The van der Waals surface area contributed by atoms with E-state index in [9.17, 15) is 12.8 Å². The van der Waals surface area contributed by atoms with Crippen LogP contribution < -0.4 is 15.4 Å². The van der Waals surface area contributed by atoms with Gasteiger partial charge in [-0.1, -0.05) is 12.6 Å². The van der Waals surface area contributed by atoms with Crippen LogP contribution in [-0.4, -0.2) is 50.9 Å². The SMILES string of the molecule is C=CC(N)OS(=O)(=O)c1ccc(C)c(F)c1COc1cnc(N2CCC(OC)CC2)nc1. The number of ether oxygens (including phenoxy) is 2. The van der Waals surface area contributed by atoms with Crippen molar-refractivity contribution in [2.45, 2.75) is 43.6 Å². The molecule has 0 spiro atoms. The van der Waals surface area contributed by atoms with Crippen molar-refractivity contribution in [2.75, 3.05) is 25.1 Å². The number of piperidine rings is 1. The zero-order chi connectivity index (χ0) is 23.3. The van der Waals surface area contributed by atoms with E-state index in [0.717, 1.165) is 32.0 Å². The monoisotopic (exact) mass is 466 g/mol. The number of aromatic nitrogens is 2. The Morgan fingerprint density at radius 2 is 1.97 bits per heavy atom. The smallest absolute Gasteiger partial charge is 0.299 e. The molecule has 1 fully saturated rings. The minimum atomic E-state index is -4.34. The summed E-state index contributed by atoms with van der Waals surface area (Å²) in [6, 6.07) is 2.60. The van der Waals surface area contributed by atoms with Crippen LogP contribution in [0.1, 0.15) is 24.0 Å². The molecule has 2 heterocycles. The molecule has 0 bridgehead atoms. The average molecular weight is 467 g/mol. The molecule has 1 aromatic carbocycles. The Kier molecular flexibility index (Phi) is 7.77. The summed E-state index contributed by atoms with van der Waals surface area (Å²) >= 11 is 0. The summed E-state index contributed by atoms with van der Waals surface area (Å²) in [5.74, 6) is 0.123. The Hall–Kier alpha value is -2.60. The van der Waals surface area contributed by atoms with Crippen LogP contribution in [0, 0.1) is 12.7 Å². The average Bonchev–Trinajstić information content (AvgIpc) is 2.80. The number of hydrogen-bond donors (Lipinski definition) is 1. The molecule has 1 aromatic heterocycles. The number of benzene rings is 1. The molecule has 0 aliphatic carbocycles. The maximum absolute atomic E-state index is 14.8. The van der Waals surface area contributed by atoms with Gasteiger partial charge in [0.1, 0.15) is 23.5 Å². The normalized spacial score (nSPS) is 16.1. The lowest BCUT2D eigenvalue weighted by Crippen LogP contribution is -2.37. The second kappa shape index (κ2) is 10.3. The maximum Gasteiger partial charge on any atom is 0.299 e. The summed E-state index contributed by atoms with van der Waals surface area (Å²) in [4.78, 5) is 10.3. The predicted octanol–water partition coefficient (Wildman–Crippen LogP) is 2.29. The minimum Gasteiger partial charge on any atom is -0.486 e. The number of hydrogen-bond acceptors (Lipinski definition) is 9. The summed E-state index contributed by atoms with van der Waals surface area (Å²) < 4.78 is 55.7. The third-order valence-corrected chi connectivity index (χ3v) is 6.59. The fraction of sp³-hybridized carbons (Fsp3) is 0.429. The third-order valence-electron chi connectivity index (χ3n) is 5.19. The summed E-state index contributed by atoms with van der Waals surface area (Å²) in [6.45, 7) is 6.10. The zero-order valence-corrected chi connectivity index (χ0v) is 18.8. The van der Waals surface area contributed by atoms with Crippen molar-refractivity contribution >= 4 is 16.1 Å². The molecule has 32 heavy (non-hydrogen) atoms. The number of aryl methyl sites for hydroxylation is 1. The molecule has 0 amide bonds. The van der Waals surface area contributed by atoms with Crippen molar-refractivity contribution in [2.24, 2.45) is 5.73 Å². The topological polar surface area (TPSA) is 117 Å². The standard InChI is InChI=1S/C21H27FN4O5S/c1-4-19(23)31-32(27,28)18-6-5-14(2)20(22)17(18)13-30-16-11-24-21(25-12-16)26-9-7-15(29-3)8-10-26/h4-6,11-12,15,19H,1,7-10,13,23H2,2-3H3. The lowest BCUT2D eigenvalue weighted by Gasteiger charge is -2.31. The van der Waals surface area contributed by atoms with Crippen LogP contribution >= 0.6 is 0 Å². The van der Waals surface area contributed by atoms with E-state index in [0.29, 0.717) is 5.95 Å². The molecule has 1 aliphatic heterocycles. The van der Waals surface area contributed by atoms with Gasteiger partial charge in [-0.2, -0.15) is 8.42 Å². The summed E-state index contributed by atoms with van der Waals surface area (Å²) in [5.41, 5.74) is 5.59. The Balaban J connectivity index is 1.74. The van der Waals surface area contributed by atoms with E-state index < -0.39 is 22.2 Å². The molecular formula is C21H27FN4O5S. The van der Waals surface area contributed by atoms with E-state index in [4.69, 9.17) is 19.4 Å². The zero-order valence-electron chi connectivity index (χ0n) is 18.0. The van der Waals surface area contributed by atoms with Gasteiger partial charge in [0.05, 0.1) is 18.5 Å². The van der Waals surface area contributed by atoms with Crippen molar-refractivity contribution in [3.05, 3.63) is 54.1 Å². The van der Waals surface area contributed by atoms with Gasteiger partial charge in [-0.05, 0) is 37.5 Å². The van der Waals surface area contributed by atoms with Crippen LogP contribution in [0.2, 0.25) is 0 Å². The number of methoxy groups -OCH3 is 1. The van der Waals surface area contributed by atoms with Crippen molar-refractivity contribution < 1.29 is 26.5 Å². The molecule has 1 saturated heterocycles. The Bertz CT molecular complexity index is 1040. The van der Waals surface area contributed by atoms with E-state index in [2.05, 4.69) is 16.5 Å². The molecule has 1 unspecified atom stereocenters. The number of halogens is 1. The molecule has 2 N–H and O–H groups in total. The first-order valence-corrected chi connectivity index (χ1v) is 11.5. The summed E-state index contributed by atoms with van der Waals surface area (Å²) in [7, 11) is -2.63. The first-order chi connectivity index (χ1) is 15.2. The van der Waals surface area contributed by atoms with E-state index >= 15 is 0 Å². The third kappa shape index (κ3) is 5.60. The molecule has 1 aliphatic rings. The highest BCUT2D eigenvalue weighted by atomic mass is 32.2. The Morgan fingerprint density at radius 1 is 1.31 bits per heavy atom. The van der Waals surface area contributed by atoms with Crippen LogP contribution in [0.3, 0.4) is 0 Å². The van der Waals surface area contributed by atoms with Crippen LogP contribution in [0.25, 0.3) is 0 Å². The Labute approximate surface area is 187 Å². The van der Waals surface area contributed by atoms with Crippen LogP contribution in [0.15, 0.2) is 42.1 Å².